The molecule has 0 radical (unpaired) electrons. The fourth-order valence-electron chi connectivity index (χ4n) is 3.43. The number of nitrogens with one attached hydrogen (secondary N) is 1. The van der Waals surface area contributed by atoms with Crippen LogP contribution in [0.15, 0.2) is 48.0 Å². The Hall–Kier alpha value is -2.26. The molecular formula is C20H18ClNO2. The van der Waals surface area contributed by atoms with E-state index in [-0.39, 0.29) is 18.6 Å². The van der Waals surface area contributed by atoms with Gasteiger partial charge in [0, 0.05) is 10.6 Å². The van der Waals surface area contributed by atoms with Crippen molar-refractivity contribution in [3.63, 3.8) is 0 Å². The lowest BCUT2D eigenvalue weighted by Gasteiger charge is -2.27. The van der Waals surface area contributed by atoms with E-state index < -0.39 is 0 Å². The molecule has 1 N–H and O–H groups in total. The lowest BCUT2D eigenvalue weighted by atomic mass is 9.87. The highest BCUT2D eigenvalue weighted by Gasteiger charge is 2.24. The summed E-state index contributed by atoms with van der Waals surface area (Å²) in [6.45, 7) is 0.287. The van der Waals surface area contributed by atoms with Gasteiger partial charge < -0.3 is 10.1 Å². The molecule has 0 aromatic heterocycles. The molecule has 4 heteroatoms. The van der Waals surface area contributed by atoms with E-state index in [9.17, 15) is 4.79 Å². The fraction of sp³-hybridized carbons (Fsp3) is 0.250. The van der Waals surface area contributed by atoms with Crippen molar-refractivity contribution in [3.8, 4) is 5.75 Å². The molecule has 1 heterocycles. The Balaban J connectivity index is 1.56. The van der Waals surface area contributed by atoms with E-state index in [1.165, 1.54) is 11.1 Å². The average Bonchev–Trinajstić information content (AvgIpc) is 2.61. The average molecular weight is 340 g/mol. The Morgan fingerprint density at radius 3 is 3.00 bits per heavy atom. The molecule has 0 bridgehead atoms. The van der Waals surface area contributed by atoms with Gasteiger partial charge in [-0.15, -0.1) is 0 Å². The highest BCUT2D eigenvalue weighted by atomic mass is 35.5. The molecule has 0 unspecified atom stereocenters. The van der Waals surface area contributed by atoms with Crippen molar-refractivity contribution in [1.29, 1.82) is 0 Å². The molecule has 24 heavy (non-hydrogen) atoms. The molecular weight excluding hydrogens is 322 g/mol. The molecule has 2 aromatic rings. The van der Waals surface area contributed by atoms with Gasteiger partial charge in [-0.1, -0.05) is 35.9 Å². The Morgan fingerprint density at radius 2 is 2.08 bits per heavy atom. The Kier molecular flexibility index (Phi) is 4.03. The molecule has 0 saturated heterocycles. The standard InChI is InChI=1S/C20H18ClNO2/c21-16-8-9-19-14(11-16)10-15(12-24-19)20(23)22-18-7-3-5-13-4-1-2-6-17(13)18/h1-2,4,6,8-11,18H,3,5,7,12H2,(H,22,23)/t18-/m1/s1. The first kappa shape index (κ1) is 15.3. The van der Waals surface area contributed by atoms with Gasteiger partial charge in [0.2, 0.25) is 0 Å². The molecule has 2 aromatic carbocycles. The minimum Gasteiger partial charge on any atom is -0.488 e. The Labute approximate surface area is 146 Å². The Morgan fingerprint density at radius 1 is 1.21 bits per heavy atom. The van der Waals surface area contributed by atoms with Crippen LogP contribution in [0.25, 0.3) is 6.08 Å². The summed E-state index contributed by atoms with van der Waals surface area (Å²) in [5.74, 6) is 0.696. The van der Waals surface area contributed by atoms with Gasteiger partial charge in [-0.3, -0.25) is 4.79 Å². The van der Waals surface area contributed by atoms with Crippen molar-refractivity contribution in [2.24, 2.45) is 0 Å². The molecule has 3 nitrogen and oxygen atoms in total. The first-order chi connectivity index (χ1) is 11.7. The second kappa shape index (κ2) is 6.33. The van der Waals surface area contributed by atoms with Gasteiger partial charge in [0.25, 0.3) is 5.91 Å². The van der Waals surface area contributed by atoms with Crippen LogP contribution in [0.2, 0.25) is 5.02 Å². The molecule has 1 aliphatic heterocycles. The molecule has 4 rings (SSSR count). The summed E-state index contributed by atoms with van der Waals surface area (Å²) in [5, 5.41) is 3.81. The van der Waals surface area contributed by atoms with E-state index in [2.05, 4.69) is 23.5 Å². The fourth-order valence-corrected chi connectivity index (χ4v) is 3.61. The zero-order valence-electron chi connectivity index (χ0n) is 13.2. The zero-order chi connectivity index (χ0) is 16.5. The van der Waals surface area contributed by atoms with Gasteiger partial charge in [-0.2, -0.15) is 0 Å². The molecule has 0 saturated carbocycles. The van der Waals surface area contributed by atoms with Crippen LogP contribution in [0.5, 0.6) is 5.75 Å². The van der Waals surface area contributed by atoms with Gasteiger partial charge in [0.05, 0.1) is 11.6 Å². The lowest BCUT2D eigenvalue weighted by molar-refractivity contribution is -0.118. The number of carbonyl (C=O) groups excluding carboxylic acids is 1. The van der Waals surface area contributed by atoms with Crippen molar-refractivity contribution in [3.05, 3.63) is 69.8 Å². The van der Waals surface area contributed by atoms with E-state index in [1.807, 2.05) is 24.3 Å². The number of fused-ring (bicyclic) bond motifs is 2. The SMILES string of the molecule is O=C(N[C@@H]1CCCc2ccccc21)C1=Cc2cc(Cl)ccc2OC1. The monoisotopic (exact) mass is 339 g/mol. The maximum atomic E-state index is 12.7. The first-order valence-electron chi connectivity index (χ1n) is 8.22. The molecule has 1 aliphatic carbocycles. The van der Waals surface area contributed by atoms with Crippen molar-refractivity contribution in [1.82, 2.24) is 5.32 Å². The van der Waals surface area contributed by atoms with E-state index >= 15 is 0 Å². The summed E-state index contributed by atoms with van der Waals surface area (Å²) in [5.41, 5.74) is 4.05. The van der Waals surface area contributed by atoms with Gasteiger partial charge in [0.15, 0.2) is 0 Å². The maximum absolute atomic E-state index is 12.7. The molecule has 122 valence electrons. The van der Waals surface area contributed by atoms with Gasteiger partial charge in [-0.05, 0) is 54.7 Å². The van der Waals surface area contributed by atoms with Crippen LogP contribution in [0.1, 0.15) is 35.6 Å². The van der Waals surface area contributed by atoms with Crippen molar-refractivity contribution < 1.29 is 9.53 Å². The molecule has 2 aliphatic rings. The van der Waals surface area contributed by atoms with Crippen LogP contribution >= 0.6 is 11.6 Å². The van der Waals surface area contributed by atoms with Gasteiger partial charge in [0.1, 0.15) is 12.4 Å². The number of hydrogen-bond donors (Lipinski definition) is 1. The van der Waals surface area contributed by atoms with Crippen molar-refractivity contribution in [2.45, 2.75) is 25.3 Å². The number of amides is 1. The molecule has 0 spiro atoms. The predicted molar refractivity (Wildman–Crippen MR) is 95.2 cm³/mol. The summed E-state index contributed by atoms with van der Waals surface area (Å²) in [6.07, 6.45) is 5.02. The summed E-state index contributed by atoms with van der Waals surface area (Å²) < 4.78 is 5.68. The smallest absolute Gasteiger partial charge is 0.251 e. The molecule has 1 amide bonds. The Bertz CT molecular complexity index is 828. The zero-order valence-corrected chi connectivity index (χ0v) is 14.0. The molecule has 1 atom stereocenters. The van der Waals surface area contributed by atoms with Crippen LogP contribution in [-0.4, -0.2) is 12.5 Å². The highest BCUT2D eigenvalue weighted by Crippen LogP contribution is 2.31. The van der Waals surface area contributed by atoms with E-state index in [0.717, 1.165) is 30.6 Å². The summed E-state index contributed by atoms with van der Waals surface area (Å²) >= 11 is 6.03. The van der Waals surface area contributed by atoms with Crippen LogP contribution in [0, 0.1) is 0 Å². The highest BCUT2D eigenvalue weighted by molar-refractivity contribution is 6.30. The predicted octanol–water partition coefficient (Wildman–Crippen LogP) is 4.31. The molecule has 0 fully saturated rings. The van der Waals surface area contributed by atoms with Gasteiger partial charge in [-0.25, -0.2) is 0 Å². The first-order valence-corrected chi connectivity index (χ1v) is 8.60. The third-order valence-electron chi connectivity index (χ3n) is 4.65. The summed E-state index contributed by atoms with van der Waals surface area (Å²) in [6, 6.07) is 13.9. The van der Waals surface area contributed by atoms with Crippen molar-refractivity contribution in [2.75, 3.05) is 6.61 Å². The largest absolute Gasteiger partial charge is 0.488 e. The second-order valence-electron chi connectivity index (χ2n) is 6.26. The third-order valence-corrected chi connectivity index (χ3v) is 4.89. The summed E-state index contributed by atoms with van der Waals surface area (Å²) in [7, 11) is 0. The van der Waals surface area contributed by atoms with Gasteiger partial charge >= 0.3 is 0 Å². The number of halogens is 1. The number of aryl methyl sites for hydroxylation is 1. The van der Waals surface area contributed by atoms with E-state index in [0.29, 0.717) is 10.6 Å². The van der Waals surface area contributed by atoms with Crippen molar-refractivity contribution >= 4 is 23.6 Å². The lowest BCUT2D eigenvalue weighted by Crippen LogP contribution is -2.33. The maximum Gasteiger partial charge on any atom is 0.251 e. The number of rotatable bonds is 2. The van der Waals surface area contributed by atoms with E-state index in [1.54, 1.807) is 6.07 Å². The summed E-state index contributed by atoms with van der Waals surface area (Å²) in [4.78, 5) is 12.7. The normalized spacial score (nSPS) is 18.7. The minimum atomic E-state index is -0.0673. The van der Waals surface area contributed by atoms with Crippen LogP contribution in [0.4, 0.5) is 0 Å². The quantitative estimate of drug-likeness (QED) is 0.885. The van der Waals surface area contributed by atoms with E-state index in [4.69, 9.17) is 16.3 Å². The van der Waals surface area contributed by atoms with Crippen LogP contribution < -0.4 is 10.1 Å². The van der Waals surface area contributed by atoms with Crippen LogP contribution in [0.3, 0.4) is 0 Å². The van der Waals surface area contributed by atoms with Crippen LogP contribution in [-0.2, 0) is 11.2 Å². The third kappa shape index (κ3) is 2.92. The number of carbonyl (C=O) groups is 1. The minimum absolute atomic E-state index is 0.0673. The number of benzene rings is 2. The number of ether oxygens (including phenoxy) is 1. The second-order valence-corrected chi connectivity index (χ2v) is 6.69. The topological polar surface area (TPSA) is 38.3 Å². The number of hydrogen-bond acceptors (Lipinski definition) is 2.